The molecule has 0 spiro atoms. The van der Waals surface area contributed by atoms with Crippen LogP contribution in [0.25, 0.3) is 5.57 Å². The molecular weight excluding hydrogens is 318 g/mol. The summed E-state index contributed by atoms with van der Waals surface area (Å²) >= 11 is 0. The second-order valence-corrected chi connectivity index (χ2v) is 6.65. The fourth-order valence-electron chi connectivity index (χ4n) is 2.82. The molecule has 0 fully saturated rings. The smallest absolute Gasteiger partial charge is 0.156 e. The molecule has 2 aromatic rings. The van der Waals surface area contributed by atoms with E-state index < -0.39 is 0 Å². The van der Waals surface area contributed by atoms with E-state index in [1.165, 1.54) is 34.3 Å². The lowest BCUT2D eigenvalue weighted by atomic mass is 9.63. The van der Waals surface area contributed by atoms with Gasteiger partial charge in [-0.25, -0.2) is 4.39 Å². The Labute approximate surface area is 157 Å². The van der Waals surface area contributed by atoms with E-state index in [0.717, 1.165) is 31.2 Å². The second kappa shape index (κ2) is 9.77. The molecular formula is C24H26BF. The van der Waals surface area contributed by atoms with Crippen LogP contribution in [-0.4, -0.2) is 7.28 Å². The van der Waals surface area contributed by atoms with Gasteiger partial charge in [-0.05, 0) is 55.4 Å². The van der Waals surface area contributed by atoms with Crippen LogP contribution < -0.4 is 0 Å². The summed E-state index contributed by atoms with van der Waals surface area (Å²) in [5.41, 5.74) is 6.64. The van der Waals surface area contributed by atoms with Crippen molar-refractivity contribution in [3.05, 3.63) is 113 Å². The highest BCUT2D eigenvalue weighted by atomic mass is 19.1. The van der Waals surface area contributed by atoms with E-state index in [1.54, 1.807) is 6.07 Å². The molecule has 0 nitrogen and oxygen atoms in total. The molecule has 2 heteroatoms. The summed E-state index contributed by atoms with van der Waals surface area (Å²) in [4.78, 5) is 0. The molecule has 0 amide bonds. The zero-order valence-electron chi connectivity index (χ0n) is 15.8. The van der Waals surface area contributed by atoms with Crippen LogP contribution in [0.1, 0.15) is 30.0 Å². The highest BCUT2D eigenvalue weighted by Gasteiger charge is 2.03. The van der Waals surface area contributed by atoms with Crippen molar-refractivity contribution in [3.8, 4) is 0 Å². The van der Waals surface area contributed by atoms with E-state index in [9.17, 15) is 4.39 Å². The molecule has 0 atom stereocenters. The third-order valence-electron chi connectivity index (χ3n) is 4.37. The van der Waals surface area contributed by atoms with Gasteiger partial charge in [-0.2, -0.15) is 0 Å². The monoisotopic (exact) mass is 344 g/mol. The van der Waals surface area contributed by atoms with Crippen molar-refractivity contribution in [2.24, 2.45) is 0 Å². The fourth-order valence-corrected chi connectivity index (χ4v) is 2.82. The lowest BCUT2D eigenvalue weighted by Gasteiger charge is -2.07. The van der Waals surface area contributed by atoms with Gasteiger partial charge in [0.1, 0.15) is 5.82 Å². The van der Waals surface area contributed by atoms with Crippen LogP contribution in [0, 0.1) is 12.7 Å². The maximum atomic E-state index is 13.3. The van der Waals surface area contributed by atoms with Crippen molar-refractivity contribution in [2.45, 2.75) is 26.6 Å². The zero-order valence-corrected chi connectivity index (χ0v) is 15.8. The number of hydrogen-bond acceptors (Lipinski definition) is 0. The molecule has 0 saturated carbocycles. The van der Waals surface area contributed by atoms with Crippen molar-refractivity contribution >= 4 is 12.9 Å². The van der Waals surface area contributed by atoms with Gasteiger partial charge in [-0.15, -0.1) is 12.1 Å². The summed E-state index contributed by atoms with van der Waals surface area (Å²) in [5.74, 6) is -0.243. The molecule has 0 radical (unpaired) electrons. The minimum absolute atomic E-state index is 0.243. The van der Waals surface area contributed by atoms with Gasteiger partial charge < -0.3 is 0 Å². The van der Waals surface area contributed by atoms with Crippen LogP contribution in [0.4, 0.5) is 4.39 Å². The number of hydrogen-bond donors (Lipinski definition) is 0. The molecule has 0 aliphatic carbocycles. The van der Waals surface area contributed by atoms with Crippen molar-refractivity contribution in [1.82, 2.24) is 0 Å². The van der Waals surface area contributed by atoms with E-state index in [4.69, 9.17) is 0 Å². The maximum absolute atomic E-state index is 13.3. The van der Waals surface area contributed by atoms with Gasteiger partial charge in [0.15, 0.2) is 7.28 Å². The van der Waals surface area contributed by atoms with Crippen LogP contribution in [0.5, 0.6) is 0 Å². The van der Waals surface area contributed by atoms with Gasteiger partial charge in [-0.1, -0.05) is 72.3 Å². The van der Waals surface area contributed by atoms with Gasteiger partial charge in [-0.3, -0.25) is 0 Å². The minimum Gasteiger partial charge on any atom is -0.207 e. The molecule has 0 N–H and O–H groups in total. The van der Waals surface area contributed by atoms with Crippen molar-refractivity contribution in [2.75, 3.05) is 0 Å². The molecule has 0 aromatic heterocycles. The quantitative estimate of drug-likeness (QED) is 0.396. The standard InChI is InChI=1S/C24H26BF/c1-5-21(13-12-19(3)23-10-7-11-24(26)16-23)15-20(4)25-17-22-9-6-8-18(2)14-22/h5-14,16,25H,3-4,15,17H2,1-2H3/b13-12-,21-5+. The summed E-state index contributed by atoms with van der Waals surface area (Å²) in [6.45, 7) is 12.4. The van der Waals surface area contributed by atoms with Gasteiger partial charge in [0.05, 0.1) is 0 Å². The Hall–Kier alpha value is -2.61. The van der Waals surface area contributed by atoms with Gasteiger partial charge in [0, 0.05) is 0 Å². The van der Waals surface area contributed by atoms with Crippen LogP contribution in [0.3, 0.4) is 0 Å². The predicted octanol–water partition coefficient (Wildman–Crippen LogP) is 6.19. The normalized spacial score (nSPS) is 11.6. The Balaban J connectivity index is 1.90. The first-order chi connectivity index (χ1) is 12.5. The van der Waals surface area contributed by atoms with E-state index in [1.807, 2.05) is 25.1 Å². The summed E-state index contributed by atoms with van der Waals surface area (Å²) < 4.78 is 13.3. The summed E-state index contributed by atoms with van der Waals surface area (Å²) in [6.07, 6.45) is 7.93. The lowest BCUT2D eigenvalue weighted by molar-refractivity contribution is 0.627. The van der Waals surface area contributed by atoms with Crippen LogP contribution in [-0.2, 0) is 6.32 Å². The molecule has 0 heterocycles. The Morgan fingerprint density at radius 2 is 1.85 bits per heavy atom. The van der Waals surface area contributed by atoms with Crippen LogP contribution in [0.15, 0.2) is 91.0 Å². The topological polar surface area (TPSA) is 0 Å². The first-order valence-corrected chi connectivity index (χ1v) is 8.98. The average molecular weight is 344 g/mol. The van der Waals surface area contributed by atoms with E-state index in [2.05, 4.69) is 50.4 Å². The second-order valence-electron chi connectivity index (χ2n) is 6.65. The molecule has 2 aromatic carbocycles. The Bertz CT molecular complexity index is 843. The molecule has 0 aliphatic rings. The summed E-state index contributed by atoms with van der Waals surface area (Å²) in [6, 6.07) is 15.1. The lowest BCUT2D eigenvalue weighted by Crippen LogP contribution is -2.01. The third-order valence-corrected chi connectivity index (χ3v) is 4.37. The predicted molar refractivity (Wildman–Crippen MR) is 114 cm³/mol. The van der Waals surface area contributed by atoms with Crippen LogP contribution >= 0.6 is 0 Å². The maximum Gasteiger partial charge on any atom is 0.156 e. The number of aryl methyl sites for hydroxylation is 1. The van der Waals surface area contributed by atoms with Gasteiger partial charge in [0.25, 0.3) is 0 Å². The zero-order chi connectivity index (χ0) is 18.9. The summed E-state index contributed by atoms with van der Waals surface area (Å²) in [7, 11) is 0.972. The first-order valence-electron chi connectivity index (χ1n) is 8.98. The van der Waals surface area contributed by atoms with Gasteiger partial charge >= 0.3 is 0 Å². The third kappa shape index (κ3) is 6.36. The molecule has 0 bridgehead atoms. The number of benzene rings is 2. The molecule has 0 aliphatic heterocycles. The van der Waals surface area contributed by atoms with Crippen molar-refractivity contribution in [3.63, 3.8) is 0 Å². The van der Waals surface area contributed by atoms with E-state index in [0.29, 0.717) is 0 Å². The number of rotatable bonds is 8. The molecule has 0 unspecified atom stereocenters. The SMILES string of the molecule is C=C(BCc1cccc(C)c1)CC(/C=C\C(=C)c1cccc(F)c1)=C/C. The summed E-state index contributed by atoms with van der Waals surface area (Å²) in [5, 5.41) is 0. The van der Waals surface area contributed by atoms with Crippen molar-refractivity contribution < 1.29 is 4.39 Å². The Morgan fingerprint density at radius 1 is 1.08 bits per heavy atom. The molecule has 2 rings (SSSR count). The molecule has 26 heavy (non-hydrogen) atoms. The molecule has 0 saturated heterocycles. The van der Waals surface area contributed by atoms with E-state index >= 15 is 0 Å². The highest BCUT2D eigenvalue weighted by molar-refractivity contribution is 6.44. The van der Waals surface area contributed by atoms with E-state index in [-0.39, 0.29) is 5.82 Å². The van der Waals surface area contributed by atoms with Crippen LogP contribution in [0.2, 0.25) is 0 Å². The number of halogens is 1. The minimum atomic E-state index is -0.243. The largest absolute Gasteiger partial charge is 0.207 e. The average Bonchev–Trinajstić information content (AvgIpc) is 2.63. The molecule has 132 valence electrons. The number of allylic oxidation sites excluding steroid dienone is 6. The highest BCUT2D eigenvalue weighted by Crippen LogP contribution is 2.18. The Kier molecular flexibility index (Phi) is 7.41. The first kappa shape index (κ1) is 19.7. The Morgan fingerprint density at radius 3 is 2.54 bits per heavy atom. The fraction of sp³-hybridized carbons (Fsp3) is 0.167. The van der Waals surface area contributed by atoms with Gasteiger partial charge in [0.2, 0.25) is 0 Å². The van der Waals surface area contributed by atoms with Crippen molar-refractivity contribution in [1.29, 1.82) is 0 Å².